The maximum absolute atomic E-state index is 10.8. The van der Waals surface area contributed by atoms with Gasteiger partial charge in [0.05, 0.1) is 18.8 Å². The first-order valence-corrected chi connectivity index (χ1v) is 5.27. The summed E-state index contributed by atoms with van der Waals surface area (Å²) in [5.74, 6) is -4.44. The average Bonchev–Trinajstić information content (AvgIpc) is 2.31. The van der Waals surface area contributed by atoms with Crippen molar-refractivity contribution in [3.63, 3.8) is 0 Å². The number of ether oxygens (including phenoxy) is 1. The Morgan fingerprint density at radius 1 is 1.50 bits per heavy atom. The summed E-state index contributed by atoms with van der Waals surface area (Å²) in [6.07, 6.45) is -7.01. The Bertz CT molecular complexity index is 313. The third kappa shape index (κ3) is 2.78. The Hall–Kier alpha value is -0.810. The van der Waals surface area contributed by atoms with Crippen molar-refractivity contribution in [1.29, 1.82) is 0 Å². The van der Waals surface area contributed by atoms with Gasteiger partial charge in [0.25, 0.3) is 5.79 Å². The first kappa shape index (κ1) is 15.2. The molecule has 0 saturated carbocycles. The molecule has 1 fully saturated rings. The third-order valence-electron chi connectivity index (χ3n) is 2.89. The smallest absolute Gasteiger partial charge is 0.364 e. The Kier molecular flexibility index (Phi) is 4.61. The summed E-state index contributed by atoms with van der Waals surface area (Å²) in [4.78, 5) is 10.8. The van der Waals surface area contributed by atoms with E-state index in [0.717, 1.165) is 0 Å². The second-order valence-corrected chi connectivity index (χ2v) is 4.26. The fourth-order valence-corrected chi connectivity index (χ4v) is 1.75. The Balaban J connectivity index is 2.92. The van der Waals surface area contributed by atoms with Crippen LogP contribution in [0.15, 0.2) is 0 Å². The van der Waals surface area contributed by atoms with E-state index < -0.39 is 55.2 Å². The molecule has 0 aromatic heterocycles. The molecular formula is C9H17NO8. The van der Waals surface area contributed by atoms with Crippen LogP contribution in [-0.4, -0.2) is 79.5 Å². The summed E-state index contributed by atoms with van der Waals surface area (Å²) in [5, 5.41) is 55.5. The highest BCUT2D eigenvalue weighted by atomic mass is 16.7. The van der Waals surface area contributed by atoms with Gasteiger partial charge in [0.2, 0.25) is 0 Å². The first-order chi connectivity index (χ1) is 8.23. The number of nitrogens with two attached hydrogens (primary N) is 1. The number of hydrogen-bond donors (Lipinski definition) is 7. The number of aliphatic hydroxyl groups excluding tert-OH is 4. The standard InChI is InChI=1S/C9H17NO8/c10-5-3(12)1-9(17,8(15)16)18-7(5)6(14)4(13)2-11/h3-7,11-14,17H,1-2,10H2,(H,15,16)/t3?,4?,5-,6?,7?,9?/m1/s1. The van der Waals surface area contributed by atoms with Crippen LogP contribution in [-0.2, 0) is 9.53 Å². The maximum atomic E-state index is 10.8. The molecule has 1 aliphatic heterocycles. The van der Waals surface area contributed by atoms with Crippen LogP contribution >= 0.6 is 0 Å². The molecule has 18 heavy (non-hydrogen) atoms. The van der Waals surface area contributed by atoms with Gasteiger partial charge in [0.15, 0.2) is 0 Å². The molecule has 1 saturated heterocycles. The van der Waals surface area contributed by atoms with Crippen molar-refractivity contribution < 1.29 is 40.2 Å². The number of rotatable bonds is 4. The van der Waals surface area contributed by atoms with E-state index in [1.807, 2.05) is 0 Å². The monoisotopic (exact) mass is 267 g/mol. The molecule has 0 aromatic carbocycles. The zero-order valence-corrected chi connectivity index (χ0v) is 9.38. The van der Waals surface area contributed by atoms with Crippen molar-refractivity contribution in [2.45, 2.75) is 42.7 Å². The molecule has 8 N–H and O–H groups in total. The molecule has 0 aliphatic carbocycles. The SMILES string of the molecule is N[C@@H]1C(O)CC(O)(C(=O)O)OC1C(O)C(O)CO. The highest BCUT2D eigenvalue weighted by Crippen LogP contribution is 2.29. The van der Waals surface area contributed by atoms with Crippen LogP contribution in [0, 0.1) is 0 Å². The molecule has 0 aromatic rings. The van der Waals surface area contributed by atoms with Gasteiger partial charge < -0.3 is 41.1 Å². The van der Waals surface area contributed by atoms with Gasteiger partial charge in [-0.2, -0.15) is 0 Å². The normalized spacial score (nSPS) is 40.2. The van der Waals surface area contributed by atoms with Crippen LogP contribution < -0.4 is 5.73 Å². The minimum atomic E-state index is -2.70. The van der Waals surface area contributed by atoms with Gasteiger partial charge in [-0.15, -0.1) is 0 Å². The predicted octanol–water partition coefficient (Wildman–Crippen LogP) is -4.05. The topological polar surface area (TPSA) is 174 Å². The molecule has 1 rings (SSSR count). The summed E-state index contributed by atoms with van der Waals surface area (Å²) in [6, 6.07) is -1.21. The summed E-state index contributed by atoms with van der Waals surface area (Å²) in [6.45, 7) is -0.810. The molecule has 0 radical (unpaired) electrons. The quantitative estimate of drug-likeness (QED) is 0.267. The second kappa shape index (κ2) is 5.45. The fraction of sp³-hybridized carbons (Fsp3) is 0.889. The summed E-state index contributed by atoms with van der Waals surface area (Å²) in [5.41, 5.74) is 5.51. The molecule has 0 bridgehead atoms. The minimum Gasteiger partial charge on any atom is -0.477 e. The molecule has 1 aliphatic rings. The number of aliphatic hydroxyl groups is 5. The van der Waals surface area contributed by atoms with Crippen molar-refractivity contribution in [2.24, 2.45) is 5.73 Å². The first-order valence-electron chi connectivity index (χ1n) is 5.27. The van der Waals surface area contributed by atoms with Gasteiger partial charge in [-0.1, -0.05) is 0 Å². The summed E-state index contributed by atoms with van der Waals surface area (Å²) < 4.78 is 4.75. The molecule has 6 atom stereocenters. The zero-order chi connectivity index (χ0) is 14.1. The van der Waals surface area contributed by atoms with Crippen molar-refractivity contribution in [1.82, 2.24) is 0 Å². The maximum Gasteiger partial charge on any atom is 0.364 e. The average molecular weight is 267 g/mol. The van der Waals surface area contributed by atoms with Gasteiger partial charge in [0, 0.05) is 6.42 Å². The third-order valence-corrected chi connectivity index (χ3v) is 2.89. The van der Waals surface area contributed by atoms with E-state index in [-0.39, 0.29) is 0 Å². The van der Waals surface area contributed by atoms with Crippen molar-refractivity contribution in [3.05, 3.63) is 0 Å². The number of carboxylic acids is 1. The minimum absolute atomic E-state index is 0.665. The number of carboxylic acid groups (broad SMARTS) is 1. The van der Waals surface area contributed by atoms with E-state index in [2.05, 4.69) is 0 Å². The van der Waals surface area contributed by atoms with Crippen LogP contribution in [0.5, 0.6) is 0 Å². The summed E-state index contributed by atoms with van der Waals surface area (Å²) >= 11 is 0. The van der Waals surface area contributed by atoms with E-state index in [1.165, 1.54) is 0 Å². The van der Waals surface area contributed by atoms with Gasteiger partial charge in [-0.05, 0) is 0 Å². The van der Waals surface area contributed by atoms with Crippen molar-refractivity contribution in [3.8, 4) is 0 Å². The predicted molar refractivity (Wildman–Crippen MR) is 55.2 cm³/mol. The highest BCUT2D eigenvalue weighted by molar-refractivity contribution is 5.75. The highest BCUT2D eigenvalue weighted by Gasteiger charge is 2.52. The number of aliphatic carboxylic acids is 1. The Morgan fingerprint density at radius 3 is 2.50 bits per heavy atom. The fourth-order valence-electron chi connectivity index (χ4n) is 1.75. The van der Waals surface area contributed by atoms with Gasteiger partial charge in [0.1, 0.15) is 18.3 Å². The van der Waals surface area contributed by atoms with E-state index in [1.54, 1.807) is 0 Å². The second-order valence-electron chi connectivity index (χ2n) is 4.26. The lowest BCUT2D eigenvalue weighted by molar-refractivity contribution is -0.292. The lowest BCUT2D eigenvalue weighted by atomic mass is 9.89. The van der Waals surface area contributed by atoms with E-state index in [4.69, 9.17) is 20.7 Å². The van der Waals surface area contributed by atoms with E-state index in [9.17, 15) is 25.2 Å². The van der Waals surface area contributed by atoms with Crippen LogP contribution in [0.2, 0.25) is 0 Å². The van der Waals surface area contributed by atoms with Crippen LogP contribution in [0.4, 0.5) is 0 Å². The molecule has 1 heterocycles. The van der Waals surface area contributed by atoms with Crippen molar-refractivity contribution in [2.75, 3.05) is 6.61 Å². The van der Waals surface area contributed by atoms with E-state index >= 15 is 0 Å². The molecule has 9 nitrogen and oxygen atoms in total. The van der Waals surface area contributed by atoms with Crippen LogP contribution in [0.3, 0.4) is 0 Å². The molecule has 0 amide bonds. The van der Waals surface area contributed by atoms with E-state index in [0.29, 0.717) is 0 Å². The molecule has 5 unspecified atom stereocenters. The Morgan fingerprint density at radius 2 is 2.06 bits per heavy atom. The lowest BCUT2D eigenvalue weighted by Crippen LogP contribution is -2.65. The number of hydrogen-bond acceptors (Lipinski definition) is 8. The molecule has 0 spiro atoms. The number of carbonyl (C=O) groups is 1. The largest absolute Gasteiger partial charge is 0.477 e. The molecule has 106 valence electrons. The molecular weight excluding hydrogens is 250 g/mol. The van der Waals surface area contributed by atoms with Crippen molar-refractivity contribution >= 4 is 5.97 Å². The lowest BCUT2D eigenvalue weighted by Gasteiger charge is -2.43. The van der Waals surface area contributed by atoms with Gasteiger partial charge in [-0.3, -0.25) is 0 Å². The Labute approximate surface area is 102 Å². The van der Waals surface area contributed by atoms with Gasteiger partial charge >= 0.3 is 5.97 Å². The summed E-state index contributed by atoms with van der Waals surface area (Å²) in [7, 11) is 0. The van der Waals surface area contributed by atoms with Crippen LogP contribution in [0.1, 0.15) is 6.42 Å². The van der Waals surface area contributed by atoms with Crippen LogP contribution in [0.25, 0.3) is 0 Å². The zero-order valence-electron chi connectivity index (χ0n) is 9.38. The van der Waals surface area contributed by atoms with Gasteiger partial charge in [-0.25, -0.2) is 4.79 Å². The molecule has 9 heteroatoms.